The van der Waals surface area contributed by atoms with E-state index in [2.05, 4.69) is 4.98 Å². The van der Waals surface area contributed by atoms with E-state index in [-0.39, 0.29) is 34.8 Å². The number of nitrogens with zero attached hydrogens (tertiary/aromatic N) is 2. The number of aromatic amines is 1. The molecule has 2 aromatic carbocycles. The molecule has 0 bridgehead atoms. The second-order valence-electron chi connectivity index (χ2n) is 11.7. The van der Waals surface area contributed by atoms with Crippen LogP contribution >= 0.6 is 35.0 Å². The van der Waals surface area contributed by atoms with Gasteiger partial charge >= 0.3 is 5.97 Å². The highest BCUT2D eigenvalue weighted by atomic mass is 35.5. The number of carbonyl (C=O) groups excluding carboxylic acids is 2. The lowest BCUT2D eigenvalue weighted by atomic mass is 10.00. The monoisotopic (exact) mass is 739 g/mol. The number of fused-ring (bicyclic) bond motifs is 1. The van der Waals surface area contributed by atoms with Gasteiger partial charge in [-0.2, -0.15) is 4.31 Å². The Morgan fingerprint density at radius 3 is 2.46 bits per heavy atom. The number of H-pyrrole nitrogens is 1. The van der Waals surface area contributed by atoms with E-state index in [9.17, 15) is 18.0 Å². The largest absolute Gasteiger partial charge is 0.870 e. The first-order chi connectivity index (χ1) is 22.4. The van der Waals surface area contributed by atoms with Crippen LogP contribution in [-0.2, 0) is 26.0 Å². The third-order valence-corrected chi connectivity index (χ3v) is 12.3. The summed E-state index contributed by atoms with van der Waals surface area (Å²) in [5.74, 6) is -0.305. The molecule has 258 valence electrons. The molecule has 16 heteroatoms. The molecule has 1 saturated heterocycles. The standard InChI is InChI=1S/C32H33Cl2N3O8S2.H2O/c1-36(2)29(38)19-7-6-8-20(15-19)47(40,41)37-13-14-46-30(37)31(39)43-26(16-22-23(33)17-35-18-24(22)34)21-9-10-25(42-3)28-27(21)44-32(45-28)11-4-5-12-32;/h6-10,15,17-18,26,30H,4-5,11-14,16H2,1-3H3;1H2/t26-,30-;/m0./s1. The number of rotatable bonds is 9. The number of aromatic nitrogens is 1. The van der Waals surface area contributed by atoms with Gasteiger partial charge in [0, 0.05) is 62.3 Å². The molecule has 0 unspecified atom stereocenters. The Morgan fingerprint density at radius 1 is 1.10 bits per heavy atom. The van der Waals surface area contributed by atoms with Crippen molar-refractivity contribution in [1.82, 2.24) is 9.21 Å². The minimum Gasteiger partial charge on any atom is -0.870 e. The molecule has 3 heterocycles. The Kier molecular flexibility index (Phi) is 10.7. The summed E-state index contributed by atoms with van der Waals surface area (Å²) in [5, 5.41) is -0.519. The van der Waals surface area contributed by atoms with E-state index < -0.39 is 33.3 Å². The molecule has 1 saturated carbocycles. The number of hydrogen-bond donors (Lipinski definition) is 0. The van der Waals surface area contributed by atoms with Gasteiger partial charge in [-0.05, 0) is 43.2 Å². The molecule has 2 N–H and O–H groups in total. The first kappa shape index (κ1) is 36.0. The van der Waals surface area contributed by atoms with Crippen LogP contribution in [0.4, 0.5) is 0 Å². The Labute approximate surface area is 292 Å². The molecular weight excluding hydrogens is 705 g/mol. The zero-order chi connectivity index (χ0) is 33.5. The molecule has 2 atom stereocenters. The molecular formula is C32H35Cl2N3O9S2. The maximum absolute atomic E-state index is 14.0. The van der Waals surface area contributed by atoms with Gasteiger partial charge in [-0.3, -0.25) is 4.79 Å². The van der Waals surface area contributed by atoms with Gasteiger partial charge in [0.05, 0.1) is 12.0 Å². The number of nitrogens with one attached hydrogen (secondary N) is 1. The van der Waals surface area contributed by atoms with Gasteiger partial charge < -0.3 is 29.3 Å². The highest BCUT2D eigenvalue weighted by Gasteiger charge is 2.48. The van der Waals surface area contributed by atoms with Gasteiger partial charge in [0.15, 0.2) is 29.3 Å². The zero-order valence-electron chi connectivity index (χ0n) is 26.4. The number of benzene rings is 2. The number of hydrogen-bond acceptors (Lipinski definition) is 10. The van der Waals surface area contributed by atoms with E-state index in [4.69, 9.17) is 42.1 Å². The molecule has 0 radical (unpaired) electrons. The summed E-state index contributed by atoms with van der Waals surface area (Å²) in [4.78, 5) is 30.7. The minimum atomic E-state index is -4.19. The van der Waals surface area contributed by atoms with E-state index in [1.54, 1.807) is 44.7 Å². The number of carbonyl (C=O) groups is 2. The summed E-state index contributed by atoms with van der Waals surface area (Å²) >= 11 is 14.2. The number of thioether (sulfide) groups is 1. The fourth-order valence-corrected chi connectivity index (χ4v) is 9.65. The summed E-state index contributed by atoms with van der Waals surface area (Å²) in [6, 6.07) is 9.24. The van der Waals surface area contributed by atoms with Crippen LogP contribution in [0.25, 0.3) is 0 Å². The van der Waals surface area contributed by atoms with Crippen molar-refractivity contribution in [2.45, 2.75) is 54.3 Å². The van der Waals surface area contributed by atoms with Crippen LogP contribution in [0.15, 0.2) is 53.7 Å². The van der Waals surface area contributed by atoms with Crippen molar-refractivity contribution in [3.05, 3.63) is 75.5 Å². The van der Waals surface area contributed by atoms with Gasteiger partial charge in [0.2, 0.25) is 15.8 Å². The average molecular weight is 741 g/mol. The Balaban J connectivity index is 0.00000451. The van der Waals surface area contributed by atoms with Gasteiger partial charge in [0.25, 0.3) is 11.7 Å². The van der Waals surface area contributed by atoms with Crippen molar-refractivity contribution in [3.8, 4) is 17.2 Å². The number of ether oxygens (including phenoxy) is 4. The summed E-state index contributed by atoms with van der Waals surface area (Å²) in [6.45, 7) is 0.0763. The fraction of sp³-hybridized carbons (Fsp3) is 0.406. The molecule has 1 spiro atoms. The molecule has 1 aromatic heterocycles. The van der Waals surface area contributed by atoms with Crippen LogP contribution in [-0.4, -0.2) is 79.6 Å². The maximum Gasteiger partial charge on any atom is 0.335 e. The van der Waals surface area contributed by atoms with Crippen LogP contribution < -0.4 is 19.2 Å². The number of halogens is 2. The summed E-state index contributed by atoms with van der Waals surface area (Å²) < 4.78 is 53.5. The molecule has 6 rings (SSSR count). The molecule has 48 heavy (non-hydrogen) atoms. The maximum atomic E-state index is 14.0. The smallest absolute Gasteiger partial charge is 0.335 e. The topological polar surface area (TPSA) is 156 Å². The second kappa shape index (κ2) is 14.3. The van der Waals surface area contributed by atoms with Crippen LogP contribution in [0.2, 0.25) is 10.0 Å². The van der Waals surface area contributed by atoms with E-state index in [0.717, 1.165) is 28.9 Å². The highest BCUT2D eigenvalue weighted by Crippen LogP contribution is 2.54. The summed E-state index contributed by atoms with van der Waals surface area (Å²) in [6.07, 6.45) is 5.46. The zero-order valence-corrected chi connectivity index (χ0v) is 29.5. The van der Waals surface area contributed by atoms with Crippen LogP contribution in [0.5, 0.6) is 17.2 Å². The van der Waals surface area contributed by atoms with Crippen molar-refractivity contribution in [2.75, 3.05) is 33.5 Å². The number of methoxy groups -OCH3 is 1. The van der Waals surface area contributed by atoms with Gasteiger partial charge in [-0.25, -0.2) is 18.2 Å². The van der Waals surface area contributed by atoms with Gasteiger partial charge in [0.1, 0.15) is 16.1 Å². The van der Waals surface area contributed by atoms with E-state index >= 15 is 0 Å². The molecule has 3 aliphatic rings. The van der Waals surface area contributed by atoms with Gasteiger partial charge in [-0.1, -0.05) is 29.3 Å². The Bertz CT molecular complexity index is 1800. The quantitative estimate of drug-likeness (QED) is 0.275. The normalized spacial score (nSPS) is 18.7. The van der Waals surface area contributed by atoms with Crippen molar-refractivity contribution in [3.63, 3.8) is 0 Å². The lowest BCUT2D eigenvalue weighted by Crippen LogP contribution is -2.41. The van der Waals surface area contributed by atoms with Crippen molar-refractivity contribution < 1.29 is 47.4 Å². The first-order valence-electron chi connectivity index (χ1n) is 15.0. The van der Waals surface area contributed by atoms with Crippen molar-refractivity contribution >= 4 is 56.9 Å². The molecule has 2 fully saturated rings. The van der Waals surface area contributed by atoms with E-state index in [1.165, 1.54) is 30.2 Å². The van der Waals surface area contributed by atoms with E-state index in [0.29, 0.717) is 57.0 Å². The SMILES string of the molecule is COc1ccc([C@H](Cc2c(Cl)c[nH+]cc2Cl)OC(=O)[C@@H]2SCCN2S(=O)(=O)c2cccc(C(=O)N(C)C)c2)c2c1OC1(CCCC1)O2.[OH-]. The molecule has 1 aliphatic carbocycles. The number of amides is 1. The number of sulfonamides is 1. The summed E-state index contributed by atoms with van der Waals surface area (Å²) in [5.41, 5.74) is 1.24. The molecule has 1 amide bonds. The second-order valence-corrected chi connectivity index (χ2v) is 15.6. The third-order valence-electron chi connectivity index (χ3n) is 8.40. The van der Waals surface area contributed by atoms with Gasteiger partial charge in [-0.15, -0.1) is 11.8 Å². The molecule has 3 aromatic rings. The third kappa shape index (κ3) is 6.78. The lowest BCUT2D eigenvalue weighted by molar-refractivity contribution is -0.377. The minimum absolute atomic E-state index is 0. The lowest BCUT2D eigenvalue weighted by Gasteiger charge is -2.26. The highest BCUT2D eigenvalue weighted by molar-refractivity contribution is 8.02. The average Bonchev–Trinajstić information content (AvgIpc) is 3.82. The Hall–Kier alpha value is -3.27. The number of esters is 1. The number of pyridine rings is 1. The van der Waals surface area contributed by atoms with E-state index in [1.807, 2.05) is 0 Å². The predicted molar refractivity (Wildman–Crippen MR) is 178 cm³/mol. The van der Waals surface area contributed by atoms with Crippen LogP contribution in [0.3, 0.4) is 0 Å². The summed E-state index contributed by atoms with van der Waals surface area (Å²) in [7, 11) is 0.515. The first-order valence-corrected chi connectivity index (χ1v) is 18.3. The Morgan fingerprint density at radius 2 is 1.79 bits per heavy atom. The molecule has 12 nitrogen and oxygen atoms in total. The predicted octanol–water partition coefficient (Wildman–Crippen LogP) is 4.97. The molecule has 2 aliphatic heterocycles. The van der Waals surface area contributed by atoms with Crippen LogP contribution in [0.1, 0.15) is 53.3 Å². The van der Waals surface area contributed by atoms with Crippen LogP contribution in [0, 0.1) is 0 Å². The van der Waals surface area contributed by atoms with Crippen molar-refractivity contribution in [1.29, 1.82) is 0 Å². The fourth-order valence-electron chi connectivity index (χ4n) is 6.03. The van der Waals surface area contributed by atoms with Crippen molar-refractivity contribution in [2.24, 2.45) is 0 Å².